The quantitative estimate of drug-likeness (QED) is 0.0227. The highest BCUT2D eigenvalue weighted by atomic mass is 16.4. The highest BCUT2D eigenvalue weighted by Gasteiger charge is 2.34. The summed E-state index contributed by atoms with van der Waals surface area (Å²) in [6, 6.07) is -2.96. The zero-order valence-electron chi connectivity index (χ0n) is 32.9. The van der Waals surface area contributed by atoms with Crippen LogP contribution in [0.25, 0.3) is 10.9 Å². The first-order valence-corrected chi connectivity index (χ1v) is 18.7. The van der Waals surface area contributed by atoms with Gasteiger partial charge in [0.1, 0.15) is 30.2 Å². The molecule has 6 amide bonds. The molecule has 0 fully saturated rings. The summed E-state index contributed by atoms with van der Waals surface area (Å²) in [6.07, 6.45) is 2.70. The summed E-state index contributed by atoms with van der Waals surface area (Å²) < 4.78 is 0. The average molecular weight is 844 g/mol. The molecule has 3 aromatic rings. The predicted octanol–water partition coefficient (Wildman–Crippen LogP) is -5.56. The van der Waals surface area contributed by atoms with Gasteiger partial charge >= 0.3 is 5.97 Å². The topological polar surface area (TPSA) is 407 Å². The lowest BCUT2D eigenvalue weighted by Gasteiger charge is -2.26. The Hall–Kier alpha value is -6.63. The second-order valence-corrected chi connectivity index (χ2v) is 13.8. The molecule has 0 spiro atoms. The van der Waals surface area contributed by atoms with Crippen molar-refractivity contribution in [1.82, 2.24) is 46.9 Å². The van der Waals surface area contributed by atoms with Crippen molar-refractivity contribution in [2.24, 2.45) is 22.2 Å². The number of hydrogen-bond donors (Lipinski definition) is 15. The van der Waals surface area contributed by atoms with E-state index in [1.54, 1.807) is 6.20 Å². The number of carboxylic acid groups (broad SMARTS) is 1. The number of carbonyl (C=O) groups is 7. The lowest BCUT2D eigenvalue weighted by molar-refractivity contribution is -0.145. The van der Waals surface area contributed by atoms with Crippen molar-refractivity contribution in [3.63, 3.8) is 0 Å². The zero-order chi connectivity index (χ0) is 44.5. The molecule has 0 bridgehead atoms. The minimum atomic E-state index is -1.75. The van der Waals surface area contributed by atoms with Crippen LogP contribution in [0.2, 0.25) is 0 Å². The molecule has 2 heterocycles. The summed E-state index contributed by atoms with van der Waals surface area (Å²) in [5.41, 5.74) is 18.9. The number of H-pyrrole nitrogens is 2. The minimum Gasteiger partial charge on any atom is -0.480 e. The number of fused-ring (bicyclic) bond motifs is 1. The number of aromatic amines is 2. The van der Waals surface area contributed by atoms with Gasteiger partial charge in [0, 0.05) is 42.0 Å². The van der Waals surface area contributed by atoms with Crippen LogP contribution < -0.4 is 49.1 Å². The monoisotopic (exact) mass is 843 g/mol. The molecule has 0 aliphatic heterocycles. The number of aliphatic hydroxyl groups is 3. The van der Waals surface area contributed by atoms with Crippen molar-refractivity contribution >= 4 is 58.3 Å². The van der Waals surface area contributed by atoms with Crippen LogP contribution in [0.1, 0.15) is 37.9 Å². The van der Waals surface area contributed by atoms with E-state index in [1.807, 2.05) is 24.3 Å². The van der Waals surface area contributed by atoms with Gasteiger partial charge in [-0.2, -0.15) is 0 Å². The minimum absolute atomic E-state index is 0.00166. The number of benzene rings is 1. The fourth-order valence-electron chi connectivity index (χ4n) is 5.76. The number of amides is 6. The number of aliphatic carboxylic acids is 1. The normalized spacial score (nSPS) is 15.1. The number of para-hydroxylation sites is 1. The lowest BCUT2D eigenvalue weighted by Crippen LogP contribution is -2.61. The summed E-state index contributed by atoms with van der Waals surface area (Å²) in [5, 5.41) is 54.1. The van der Waals surface area contributed by atoms with E-state index in [-0.39, 0.29) is 38.2 Å². The Kier molecular flexibility index (Phi) is 18.4. The summed E-state index contributed by atoms with van der Waals surface area (Å²) >= 11 is 0. The number of aliphatic hydroxyl groups excluding tert-OH is 3. The first kappa shape index (κ1) is 47.7. The van der Waals surface area contributed by atoms with Gasteiger partial charge in [-0.25, -0.2) is 9.78 Å². The average Bonchev–Trinajstić information content (AvgIpc) is 3.88. The van der Waals surface area contributed by atoms with E-state index in [1.165, 1.54) is 19.4 Å². The first-order chi connectivity index (χ1) is 28.4. The van der Waals surface area contributed by atoms with Gasteiger partial charge < -0.3 is 79.5 Å². The van der Waals surface area contributed by atoms with Gasteiger partial charge in [0.2, 0.25) is 35.4 Å². The van der Waals surface area contributed by atoms with Gasteiger partial charge in [-0.1, -0.05) is 18.2 Å². The fourth-order valence-corrected chi connectivity index (χ4v) is 5.76. The maximum Gasteiger partial charge on any atom is 0.328 e. The van der Waals surface area contributed by atoms with Crippen LogP contribution in [-0.4, -0.2) is 151 Å². The van der Waals surface area contributed by atoms with E-state index in [9.17, 15) is 54.0 Å². The third-order valence-electron chi connectivity index (χ3n) is 9.07. The van der Waals surface area contributed by atoms with Crippen LogP contribution in [0.5, 0.6) is 0 Å². The van der Waals surface area contributed by atoms with Crippen molar-refractivity contribution in [3.05, 3.63) is 54.2 Å². The van der Waals surface area contributed by atoms with Crippen LogP contribution in [0.4, 0.5) is 0 Å². The number of guanidine groups is 1. The molecule has 0 aliphatic carbocycles. The molecular weight excluding hydrogens is 790 g/mol. The fraction of sp³-hybridized carbons (Fsp3) is 0.472. The number of nitrogens with zero attached hydrogens (tertiary/aromatic N) is 2. The largest absolute Gasteiger partial charge is 0.480 e. The molecule has 2 aromatic heterocycles. The zero-order valence-corrected chi connectivity index (χ0v) is 32.9. The Morgan fingerprint density at radius 1 is 0.767 bits per heavy atom. The van der Waals surface area contributed by atoms with E-state index in [0.717, 1.165) is 23.4 Å². The Bertz CT molecular complexity index is 1970. The predicted molar refractivity (Wildman–Crippen MR) is 213 cm³/mol. The van der Waals surface area contributed by atoms with Gasteiger partial charge in [0.05, 0.1) is 31.7 Å². The molecule has 328 valence electrons. The second-order valence-electron chi connectivity index (χ2n) is 13.8. The molecule has 0 aliphatic rings. The number of hydrogen-bond acceptors (Lipinski definition) is 13. The molecule has 8 atom stereocenters. The number of rotatable bonds is 24. The van der Waals surface area contributed by atoms with Crippen LogP contribution in [0, 0.1) is 0 Å². The molecule has 0 radical (unpaired) electrons. The molecular formula is C36H53N13O11. The molecule has 18 N–H and O–H groups in total. The Balaban J connectivity index is 1.67. The van der Waals surface area contributed by atoms with Crippen LogP contribution >= 0.6 is 0 Å². The van der Waals surface area contributed by atoms with E-state index in [0.29, 0.717) is 5.69 Å². The Labute approximate surface area is 342 Å². The molecule has 1 aromatic carbocycles. The number of nitrogens with two attached hydrogens (primary N) is 3. The molecule has 60 heavy (non-hydrogen) atoms. The molecule has 24 nitrogen and oxygen atoms in total. The SMILES string of the molecule is C[C@H](NC(=O)[C@@H](N)Cc1c[nH]c2ccccc12)C(=O)N[C@@H](CO)C(=O)N[C@@H](CO)C(=O)N[C@@H](CCCN=C(N)N)C(=O)N[C@@H](Cc1cnc[nH]1)C(=O)N[C@H](C(=O)O)[C@@H](C)O. The second kappa shape index (κ2) is 23.1. The van der Waals surface area contributed by atoms with Gasteiger partial charge in [0.15, 0.2) is 12.0 Å². The highest BCUT2D eigenvalue weighted by Crippen LogP contribution is 2.19. The summed E-state index contributed by atoms with van der Waals surface area (Å²) in [7, 11) is 0. The van der Waals surface area contributed by atoms with E-state index < -0.39 is 103 Å². The molecule has 0 unspecified atom stereocenters. The number of aromatic nitrogens is 3. The van der Waals surface area contributed by atoms with Gasteiger partial charge in [-0.15, -0.1) is 0 Å². The van der Waals surface area contributed by atoms with Crippen molar-refractivity contribution in [3.8, 4) is 0 Å². The standard InChI is InChI=1S/C36H53N13O11/c1-17(44-30(54)22(37)10-19-12-42-23-7-4-3-6-21(19)23)29(53)47-26(14-50)34(58)48-27(15-51)33(57)45-24(8-5-9-41-36(38)39)31(55)46-25(11-20-13-40-16-43-20)32(56)49-28(18(2)52)35(59)60/h3-4,6-7,12-13,16-18,22,24-28,42,50-52H,5,8-11,14-15,37H2,1-2H3,(H,40,43)(H,44,54)(H,45,57)(H,46,55)(H,47,53)(H,48,58)(H,49,56)(H,59,60)(H4,38,39,41)/t17-,18+,22-,24-,25-,26-,27-,28-/m0/s1. The summed E-state index contributed by atoms with van der Waals surface area (Å²) in [4.78, 5) is 104. The Morgan fingerprint density at radius 2 is 1.35 bits per heavy atom. The van der Waals surface area contributed by atoms with Gasteiger partial charge in [-0.3, -0.25) is 33.8 Å². The smallest absolute Gasteiger partial charge is 0.328 e. The molecule has 24 heteroatoms. The van der Waals surface area contributed by atoms with Gasteiger partial charge in [-0.05, 0) is 44.7 Å². The number of carbonyl (C=O) groups excluding carboxylic acids is 6. The van der Waals surface area contributed by atoms with Crippen molar-refractivity contribution in [2.75, 3.05) is 19.8 Å². The van der Waals surface area contributed by atoms with Gasteiger partial charge in [0.25, 0.3) is 0 Å². The summed E-state index contributed by atoms with van der Waals surface area (Å²) in [5.74, 6) is -7.54. The first-order valence-electron chi connectivity index (χ1n) is 18.7. The third-order valence-corrected chi connectivity index (χ3v) is 9.07. The van der Waals surface area contributed by atoms with E-state index in [2.05, 4.69) is 51.8 Å². The van der Waals surface area contributed by atoms with Crippen LogP contribution in [0.15, 0.2) is 48.0 Å². The van der Waals surface area contributed by atoms with Crippen molar-refractivity contribution in [2.45, 2.75) is 87.9 Å². The van der Waals surface area contributed by atoms with Crippen LogP contribution in [-0.2, 0) is 46.4 Å². The maximum absolute atomic E-state index is 13.7. The maximum atomic E-state index is 13.7. The Morgan fingerprint density at radius 3 is 1.93 bits per heavy atom. The summed E-state index contributed by atoms with van der Waals surface area (Å²) in [6.45, 7) is 0.476. The van der Waals surface area contributed by atoms with Crippen molar-refractivity contribution in [1.29, 1.82) is 0 Å². The molecule has 3 rings (SSSR count). The molecule has 0 saturated carbocycles. The van der Waals surface area contributed by atoms with Crippen molar-refractivity contribution < 1.29 is 54.0 Å². The number of carboxylic acids is 1. The van der Waals surface area contributed by atoms with Crippen LogP contribution in [0.3, 0.4) is 0 Å². The number of aliphatic imine (C=N–C) groups is 1. The molecule has 0 saturated heterocycles. The number of nitrogens with one attached hydrogen (secondary N) is 8. The third kappa shape index (κ3) is 14.3. The highest BCUT2D eigenvalue weighted by molar-refractivity contribution is 5.97. The van der Waals surface area contributed by atoms with E-state index in [4.69, 9.17) is 17.2 Å². The lowest BCUT2D eigenvalue weighted by atomic mass is 10.0. The van der Waals surface area contributed by atoms with E-state index >= 15 is 0 Å². The number of imidazole rings is 1.